The van der Waals surface area contributed by atoms with E-state index in [9.17, 15) is 9.18 Å². The van der Waals surface area contributed by atoms with Crippen LogP contribution in [0.5, 0.6) is 0 Å². The molecule has 0 atom stereocenters. The molecule has 2 rings (SSSR count). The van der Waals surface area contributed by atoms with Gasteiger partial charge in [0.25, 0.3) is 0 Å². The molecule has 2 aromatic rings. The molecule has 0 saturated heterocycles. The second-order valence-corrected chi connectivity index (χ2v) is 5.01. The lowest BCUT2D eigenvalue weighted by atomic mass is 10.3. The highest BCUT2D eigenvalue weighted by Crippen LogP contribution is 2.20. The highest BCUT2D eigenvalue weighted by atomic mass is 32.2. The van der Waals surface area contributed by atoms with Crippen LogP contribution in [0.2, 0.25) is 0 Å². The minimum absolute atomic E-state index is 0.139. The molecule has 0 saturated carbocycles. The molecule has 0 aliphatic heterocycles. The Morgan fingerprint density at radius 3 is 3.05 bits per heavy atom. The van der Waals surface area contributed by atoms with Crippen LogP contribution >= 0.6 is 11.8 Å². The number of hydrogen-bond donors (Lipinski definition) is 1. The summed E-state index contributed by atoms with van der Waals surface area (Å²) in [5, 5.41) is 10.8. The molecule has 0 spiro atoms. The number of carbonyl (C=O) groups is 1. The standard InChI is InChI=1S/C13H15FN4O2S/c1-20-7-6-15-12(19)8-21-13-17-16-9-18(13)11-5-3-2-4-10(11)14/h2-5,9H,6-8H2,1H3,(H,15,19). The van der Waals surface area contributed by atoms with Gasteiger partial charge in [0.1, 0.15) is 12.1 Å². The molecule has 0 bridgehead atoms. The summed E-state index contributed by atoms with van der Waals surface area (Å²) in [6, 6.07) is 6.33. The van der Waals surface area contributed by atoms with Crippen LogP contribution < -0.4 is 5.32 Å². The molecule has 0 fully saturated rings. The zero-order valence-corrected chi connectivity index (χ0v) is 12.3. The molecule has 1 heterocycles. The predicted molar refractivity (Wildman–Crippen MR) is 76.9 cm³/mol. The van der Waals surface area contributed by atoms with Crippen molar-refractivity contribution >= 4 is 17.7 Å². The Labute approximate surface area is 125 Å². The summed E-state index contributed by atoms with van der Waals surface area (Å²) in [6.07, 6.45) is 1.42. The Kier molecular flexibility index (Phi) is 5.70. The maximum atomic E-state index is 13.8. The van der Waals surface area contributed by atoms with Crippen LogP contribution in [0.1, 0.15) is 0 Å². The molecule has 0 aliphatic carbocycles. The van der Waals surface area contributed by atoms with Crippen molar-refractivity contribution in [1.29, 1.82) is 0 Å². The summed E-state index contributed by atoms with van der Waals surface area (Å²) in [4.78, 5) is 11.6. The van der Waals surface area contributed by atoms with Crippen molar-refractivity contribution in [2.24, 2.45) is 0 Å². The molecule has 6 nitrogen and oxygen atoms in total. The van der Waals surface area contributed by atoms with E-state index < -0.39 is 0 Å². The normalized spacial score (nSPS) is 10.6. The van der Waals surface area contributed by atoms with Gasteiger partial charge in [-0.05, 0) is 12.1 Å². The Morgan fingerprint density at radius 1 is 1.48 bits per heavy atom. The zero-order valence-electron chi connectivity index (χ0n) is 11.5. The number of ether oxygens (including phenoxy) is 1. The van der Waals surface area contributed by atoms with E-state index >= 15 is 0 Å². The number of nitrogens with one attached hydrogen (secondary N) is 1. The van der Waals surface area contributed by atoms with E-state index in [-0.39, 0.29) is 17.5 Å². The number of hydrogen-bond acceptors (Lipinski definition) is 5. The second kappa shape index (κ2) is 7.75. The third-order valence-corrected chi connectivity index (χ3v) is 3.53. The third kappa shape index (κ3) is 4.27. The van der Waals surface area contributed by atoms with E-state index in [4.69, 9.17) is 4.74 Å². The number of thioether (sulfide) groups is 1. The van der Waals surface area contributed by atoms with Gasteiger partial charge < -0.3 is 10.1 Å². The molecule has 1 N–H and O–H groups in total. The smallest absolute Gasteiger partial charge is 0.230 e. The van der Waals surface area contributed by atoms with E-state index in [1.807, 2.05) is 0 Å². The van der Waals surface area contributed by atoms with Gasteiger partial charge in [-0.25, -0.2) is 4.39 Å². The van der Waals surface area contributed by atoms with E-state index in [0.717, 1.165) is 0 Å². The maximum Gasteiger partial charge on any atom is 0.230 e. The van der Waals surface area contributed by atoms with Crippen molar-refractivity contribution in [3.8, 4) is 5.69 Å². The molecule has 0 unspecified atom stereocenters. The monoisotopic (exact) mass is 310 g/mol. The Bertz CT molecular complexity index is 605. The molecule has 1 aromatic heterocycles. The van der Waals surface area contributed by atoms with E-state index in [0.29, 0.717) is 24.0 Å². The van der Waals surface area contributed by atoms with Crippen molar-refractivity contribution in [2.45, 2.75) is 5.16 Å². The lowest BCUT2D eigenvalue weighted by molar-refractivity contribution is -0.118. The quantitative estimate of drug-likeness (QED) is 0.616. The van der Waals surface area contributed by atoms with Gasteiger partial charge in [0, 0.05) is 13.7 Å². The van der Waals surface area contributed by atoms with Crippen molar-refractivity contribution in [1.82, 2.24) is 20.1 Å². The van der Waals surface area contributed by atoms with Gasteiger partial charge in [0.05, 0.1) is 18.0 Å². The van der Waals surface area contributed by atoms with E-state index in [1.165, 1.54) is 28.7 Å². The molecule has 0 radical (unpaired) electrons. The number of nitrogens with zero attached hydrogens (tertiary/aromatic N) is 3. The van der Waals surface area contributed by atoms with Crippen LogP contribution in [0, 0.1) is 5.82 Å². The third-order valence-electron chi connectivity index (χ3n) is 2.59. The van der Waals surface area contributed by atoms with Crippen LogP contribution in [0.4, 0.5) is 4.39 Å². The minimum atomic E-state index is -0.372. The molecule has 112 valence electrons. The van der Waals surface area contributed by atoms with Crippen molar-refractivity contribution in [3.63, 3.8) is 0 Å². The summed E-state index contributed by atoms with van der Waals surface area (Å²) in [5.41, 5.74) is 0.352. The number of halogens is 1. The van der Waals surface area contributed by atoms with E-state index in [2.05, 4.69) is 15.5 Å². The van der Waals surface area contributed by atoms with Crippen molar-refractivity contribution < 1.29 is 13.9 Å². The van der Waals surface area contributed by atoms with Gasteiger partial charge in [-0.3, -0.25) is 9.36 Å². The topological polar surface area (TPSA) is 69.0 Å². The maximum absolute atomic E-state index is 13.8. The first-order valence-electron chi connectivity index (χ1n) is 6.25. The average molecular weight is 310 g/mol. The summed E-state index contributed by atoms with van der Waals surface area (Å²) in [6.45, 7) is 0.914. The van der Waals surface area contributed by atoms with Crippen LogP contribution in [0.15, 0.2) is 35.7 Å². The van der Waals surface area contributed by atoms with Gasteiger partial charge in [-0.1, -0.05) is 23.9 Å². The van der Waals surface area contributed by atoms with Gasteiger partial charge in [0.2, 0.25) is 5.91 Å². The van der Waals surface area contributed by atoms with Crippen molar-refractivity contribution in [3.05, 3.63) is 36.4 Å². The van der Waals surface area contributed by atoms with Crippen LogP contribution in [0.3, 0.4) is 0 Å². The highest BCUT2D eigenvalue weighted by Gasteiger charge is 2.12. The first-order valence-corrected chi connectivity index (χ1v) is 7.24. The number of amides is 1. The van der Waals surface area contributed by atoms with Gasteiger partial charge in [-0.2, -0.15) is 0 Å². The highest BCUT2D eigenvalue weighted by molar-refractivity contribution is 7.99. The Morgan fingerprint density at radius 2 is 2.29 bits per heavy atom. The molecular weight excluding hydrogens is 295 g/mol. The van der Waals surface area contributed by atoms with Crippen LogP contribution in [0.25, 0.3) is 5.69 Å². The Hall–Kier alpha value is -1.93. The average Bonchev–Trinajstić information content (AvgIpc) is 2.94. The number of benzene rings is 1. The SMILES string of the molecule is COCCNC(=O)CSc1nncn1-c1ccccc1F. The number of para-hydroxylation sites is 1. The van der Waals surface area contributed by atoms with Crippen molar-refractivity contribution in [2.75, 3.05) is 26.0 Å². The molecule has 8 heteroatoms. The summed E-state index contributed by atoms with van der Waals surface area (Å²) in [7, 11) is 1.57. The fourth-order valence-corrected chi connectivity index (χ4v) is 2.36. The Balaban J connectivity index is 1.98. The zero-order chi connectivity index (χ0) is 15.1. The lowest BCUT2D eigenvalue weighted by Gasteiger charge is -2.07. The molecular formula is C13H15FN4O2S. The van der Waals surface area contributed by atoms with E-state index in [1.54, 1.807) is 25.3 Å². The van der Waals surface area contributed by atoms with Crippen LogP contribution in [-0.2, 0) is 9.53 Å². The molecule has 1 amide bonds. The van der Waals surface area contributed by atoms with Gasteiger partial charge >= 0.3 is 0 Å². The van der Waals surface area contributed by atoms with Gasteiger partial charge in [0.15, 0.2) is 5.16 Å². The second-order valence-electron chi connectivity index (χ2n) is 4.07. The summed E-state index contributed by atoms with van der Waals surface area (Å²) < 4.78 is 20.1. The van der Waals surface area contributed by atoms with Gasteiger partial charge in [-0.15, -0.1) is 10.2 Å². The lowest BCUT2D eigenvalue weighted by Crippen LogP contribution is -2.28. The number of aromatic nitrogens is 3. The first kappa shape index (κ1) is 15.5. The molecule has 21 heavy (non-hydrogen) atoms. The largest absolute Gasteiger partial charge is 0.383 e. The minimum Gasteiger partial charge on any atom is -0.383 e. The summed E-state index contributed by atoms with van der Waals surface area (Å²) in [5.74, 6) is -0.333. The van der Waals surface area contributed by atoms with Crippen LogP contribution in [-0.4, -0.2) is 46.7 Å². The number of carbonyl (C=O) groups excluding carboxylic acids is 1. The molecule has 0 aliphatic rings. The number of rotatable bonds is 7. The number of methoxy groups -OCH3 is 1. The predicted octanol–water partition coefficient (Wildman–Crippen LogP) is 1.26. The molecule has 1 aromatic carbocycles. The fourth-order valence-electron chi connectivity index (χ4n) is 1.61. The first-order chi connectivity index (χ1) is 10.2. The summed E-state index contributed by atoms with van der Waals surface area (Å²) >= 11 is 1.19. The fraction of sp³-hybridized carbons (Fsp3) is 0.308.